The van der Waals surface area contributed by atoms with Crippen molar-refractivity contribution in [2.45, 2.75) is 13.5 Å². The van der Waals surface area contributed by atoms with E-state index >= 15 is 0 Å². The summed E-state index contributed by atoms with van der Waals surface area (Å²) in [6.07, 6.45) is 1.88. The molecule has 0 unspecified atom stereocenters. The van der Waals surface area contributed by atoms with Crippen LogP contribution in [0.3, 0.4) is 0 Å². The van der Waals surface area contributed by atoms with Gasteiger partial charge in [0.2, 0.25) is 5.91 Å². The average Bonchev–Trinajstić information content (AvgIpc) is 2.93. The minimum atomic E-state index is -0.101. The van der Waals surface area contributed by atoms with Crippen molar-refractivity contribution in [3.8, 4) is 0 Å². The highest BCUT2D eigenvalue weighted by molar-refractivity contribution is 6.06. The molecule has 0 fully saturated rings. The number of anilines is 1. The number of carbonyl (C=O) groups excluding carboxylic acids is 2. The molecule has 25 heavy (non-hydrogen) atoms. The fourth-order valence-electron chi connectivity index (χ4n) is 2.96. The van der Waals surface area contributed by atoms with Gasteiger partial charge in [-0.2, -0.15) is 0 Å². The summed E-state index contributed by atoms with van der Waals surface area (Å²) in [5.74, 6) is -0.112. The van der Waals surface area contributed by atoms with Crippen molar-refractivity contribution in [1.29, 1.82) is 0 Å². The monoisotopic (exact) mass is 335 g/mol. The van der Waals surface area contributed by atoms with Gasteiger partial charge in [-0.15, -0.1) is 0 Å². The number of para-hydroxylation sites is 1. The second-order valence-corrected chi connectivity index (χ2v) is 6.21. The van der Waals surface area contributed by atoms with E-state index < -0.39 is 0 Å². The third-order valence-electron chi connectivity index (χ3n) is 4.17. The van der Waals surface area contributed by atoms with Crippen LogP contribution in [0.25, 0.3) is 10.9 Å². The van der Waals surface area contributed by atoms with E-state index in [2.05, 4.69) is 5.32 Å². The van der Waals surface area contributed by atoms with Gasteiger partial charge in [-0.3, -0.25) is 9.59 Å². The Bertz CT molecular complexity index is 926. The normalized spacial score (nSPS) is 10.7. The van der Waals surface area contributed by atoms with Crippen molar-refractivity contribution in [2.75, 3.05) is 12.4 Å². The fraction of sp³-hybridized carbons (Fsp3) is 0.200. The van der Waals surface area contributed by atoms with E-state index in [1.807, 2.05) is 66.3 Å². The molecule has 2 amide bonds. The number of hydrogen-bond donors (Lipinski definition) is 1. The van der Waals surface area contributed by atoms with Gasteiger partial charge in [0.25, 0.3) is 5.91 Å². The molecule has 0 aliphatic rings. The standard InChI is InChI=1S/C20H21N3O2/c1-14(24)21-16-10-8-15(9-11-16)12-23(3)20(25)18-13-22(2)19-7-5-4-6-17(18)19/h4-11,13H,12H2,1-3H3,(H,21,24). The van der Waals surface area contributed by atoms with Gasteiger partial charge >= 0.3 is 0 Å². The number of nitrogens with one attached hydrogen (secondary N) is 1. The van der Waals surface area contributed by atoms with Crippen molar-refractivity contribution in [2.24, 2.45) is 7.05 Å². The lowest BCUT2D eigenvalue weighted by atomic mass is 10.1. The zero-order chi connectivity index (χ0) is 18.0. The summed E-state index contributed by atoms with van der Waals surface area (Å²) in [7, 11) is 3.74. The van der Waals surface area contributed by atoms with Gasteiger partial charge in [-0.1, -0.05) is 30.3 Å². The van der Waals surface area contributed by atoms with Crippen molar-refractivity contribution < 1.29 is 9.59 Å². The second kappa shape index (κ2) is 6.81. The minimum absolute atomic E-state index is 0.0114. The van der Waals surface area contributed by atoms with Crippen molar-refractivity contribution in [3.63, 3.8) is 0 Å². The van der Waals surface area contributed by atoms with E-state index in [1.165, 1.54) is 6.92 Å². The summed E-state index contributed by atoms with van der Waals surface area (Å²) in [6.45, 7) is 1.98. The number of rotatable bonds is 4. The summed E-state index contributed by atoms with van der Waals surface area (Å²) in [5, 5.41) is 3.70. The number of benzene rings is 2. The zero-order valence-corrected chi connectivity index (χ0v) is 14.6. The number of hydrogen-bond acceptors (Lipinski definition) is 2. The van der Waals surface area contributed by atoms with Crippen LogP contribution < -0.4 is 5.32 Å². The van der Waals surface area contributed by atoms with Gasteiger partial charge in [0.15, 0.2) is 0 Å². The number of carbonyl (C=O) groups is 2. The van der Waals surface area contributed by atoms with Crippen LogP contribution in [0.15, 0.2) is 54.7 Å². The molecule has 0 aliphatic heterocycles. The molecule has 0 bridgehead atoms. The number of amides is 2. The van der Waals surface area contributed by atoms with Crippen LogP contribution in [0.4, 0.5) is 5.69 Å². The molecule has 0 saturated carbocycles. The SMILES string of the molecule is CC(=O)Nc1ccc(CN(C)C(=O)c2cn(C)c3ccccc23)cc1. The molecule has 5 heteroatoms. The van der Waals surface area contributed by atoms with Gasteiger partial charge in [-0.05, 0) is 23.8 Å². The number of aryl methyl sites for hydroxylation is 1. The van der Waals surface area contributed by atoms with Gasteiger partial charge < -0.3 is 14.8 Å². The Morgan fingerprint density at radius 1 is 1.08 bits per heavy atom. The van der Waals surface area contributed by atoms with Crippen LogP contribution in [0.1, 0.15) is 22.8 Å². The van der Waals surface area contributed by atoms with Crippen molar-refractivity contribution in [3.05, 3.63) is 65.9 Å². The van der Waals surface area contributed by atoms with Crippen LogP contribution in [0, 0.1) is 0 Å². The number of nitrogens with zero attached hydrogens (tertiary/aromatic N) is 2. The first-order valence-corrected chi connectivity index (χ1v) is 8.12. The predicted molar refractivity (Wildman–Crippen MR) is 99.5 cm³/mol. The van der Waals surface area contributed by atoms with E-state index in [9.17, 15) is 9.59 Å². The third kappa shape index (κ3) is 3.55. The maximum Gasteiger partial charge on any atom is 0.256 e. The number of fused-ring (bicyclic) bond motifs is 1. The molecule has 128 valence electrons. The summed E-state index contributed by atoms with van der Waals surface area (Å²) >= 11 is 0. The van der Waals surface area contributed by atoms with Crippen LogP contribution in [0.2, 0.25) is 0 Å². The quantitative estimate of drug-likeness (QED) is 0.794. The van der Waals surface area contributed by atoms with E-state index in [1.54, 1.807) is 11.9 Å². The highest BCUT2D eigenvalue weighted by Crippen LogP contribution is 2.22. The largest absolute Gasteiger partial charge is 0.350 e. The molecule has 3 aromatic rings. The van der Waals surface area contributed by atoms with Gasteiger partial charge in [-0.25, -0.2) is 0 Å². The van der Waals surface area contributed by atoms with E-state index in [-0.39, 0.29) is 11.8 Å². The molecule has 0 spiro atoms. The Hall–Kier alpha value is -3.08. The molecule has 0 aliphatic carbocycles. The Kier molecular flexibility index (Phi) is 4.57. The zero-order valence-electron chi connectivity index (χ0n) is 14.6. The first-order chi connectivity index (χ1) is 12.0. The fourth-order valence-corrected chi connectivity index (χ4v) is 2.96. The Morgan fingerprint density at radius 2 is 1.76 bits per heavy atom. The molecule has 0 atom stereocenters. The summed E-state index contributed by atoms with van der Waals surface area (Å²) in [4.78, 5) is 25.6. The molecule has 5 nitrogen and oxygen atoms in total. The maximum atomic E-state index is 12.8. The lowest BCUT2D eigenvalue weighted by Crippen LogP contribution is -2.26. The molecule has 2 aromatic carbocycles. The van der Waals surface area contributed by atoms with Crippen molar-refractivity contribution in [1.82, 2.24) is 9.47 Å². The first kappa shape index (κ1) is 16.8. The Labute approximate surface area is 146 Å². The first-order valence-electron chi connectivity index (χ1n) is 8.12. The molecular weight excluding hydrogens is 314 g/mol. The molecule has 0 saturated heterocycles. The highest BCUT2D eigenvalue weighted by atomic mass is 16.2. The van der Waals surface area contributed by atoms with E-state index in [4.69, 9.17) is 0 Å². The van der Waals surface area contributed by atoms with Crippen LogP contribution in [0.5, 0.6) is 0 Å². The molecule has 3 rings (SSSR count). The smallest absolute Gasteiger partial charge is 0.256 e. The Morgan fingerprint density at radius 3 is 2.44 bits per heavy atom. The van der Waals surface area contributed by atoms with Crippen LogP contribution >= 0.6 is 0 Å². The summed E-state index contributed by atoms with van der Waals surface area (Å²) < 4.78 is 1.97. The molecule has 1 aromatic heterocycles. The van der Waals surface area contributed by atoms with Crippen molar-refractivity contribution >= 4 is 28.4 Å². The number of aromatic nitrogens is 1. The van der Waals surface area contributed by atoms with Gasteiger partial charge in [0.05, 0.1) is 5.56 Å². The topological polar surface area (TPSA) is 54.3 Å². The second-order valence-electron chi connectivity index (χ2n) is 6.21. The lowest BCUT2D eigenvalue weighted by Gasteiger charge is -2.17. The van der Waals surface area contributed by atoms with Crippen LogP contribution in [-0.2, 0) is 18.4 Å². The van der Waals surface area contributed by atoms with E-state index in [0.29, 0.717) is 12.1 Å². The van der Waals surface area contributed by atoms with Gasteiger partial charge in [0, 0.05) is 50.4 Å². The molecular formula is C20H21N3O2. The molecule has 1 N–H and O–H groups in total. The predicted octanol–water partition coefficient (Wildman–Crippen LogP) is 3.41. The lowest BCUT2D eigenvalue weighted by molar-refractivity contribution is -0.114. The summed E-state index contributed by atoms with van der Waals surface area (Å²) in [5.41, 5.74) is 3.50. The Balaban J connectivity index is 1.77. The summed E-state index contributed by atoms with van der Waals surface area (Å²) in [6, 6.07) is 15.4. The van der Waals surface area contributed by atoms with Crippen LogP contribution in [-0.4, -0.2) is 28.3 Å². The highest BCUT2D eigenvalue weighted by Gasteiger charge is 2.17. The molecule has 1 heterocycles. The van der Waals surface area contributed by atoms with Gasteiger partial charge in [0.1, 0.15) is 0 Å². The van der Waals surface area contributed by atoms with E-state index in [0.717, 1.165) is 22.2 Å². The minimum Gasteiger partial charge on any atom is -0.350 e. The molecule has 0 radical (unpaired) electrons. The average molecular weight is 335 g/mol. The maximum absolute atomic E-state index is 12.8. The third-order valence-corrected chi connectivity index (χ3v) is 4.17.